The Hall–Kier alpha value is -0.400. The minimum absolute atomic E-state index is 0.138. The molecule has 17 heavy (non-hydrogen) atoms. The van der Waals surface area contributed by atoms with Crippen LogP contribution in [0.2, 0.25) is 5.02 Å². The zero-order valence-electron chi connectivity index (χ0n) is 9.15. The van der Waals surface area contributed by atoms with E-state index in [1.165, 1.54) is 0 Å². The van der Waals surface area contributed by atoms with Crippen molar-refractivity contribution >= 4 is 38.9 Å². The number of aromatic nitrogens is 2. The summed E-state index contributed by atoms with van der Waals surface area (Å²) in [4.78, 5) is 1.09. The maximum absolute atomic E-state index is 6.17. The Morgan fingerprint density at radius 3 is 2.94 bits per heavy atom. The zero-order chi connectivity index (χ0) is 12.4. The van der Waals surface area contributed by atoms with E-state index in [0.717, 1.165) is 20.9 Å². The Morgan fingerprint density at radius 2 is 2.41 bits per heavy atom. The first kappa shape index (κ1) is 13.0. The van der Waals surface area contributed by atoms with Crippen LogP contribution in [0.5, 0.6) is 0 Å². The van der Waals surface area contributed by atoms with Gasteiger partial charge in [-0.1, -0.05) is 11.6 Å². The van der Waals surface area contributed by atoms with Crippen LogP contribution in [0.3, 0.4) is 0 Å². The molecule has 0 aliphatic rings. The van der Waals surface area contributed by atoms with Gasteiger partial charge in [0.1, 0.15) is 0 Å². The van der Waals surface area contributed by atoms with Crippen LogP contribution in [0.15, 0.2) is 22.1 Å². The van der Waals surface area contributed by atoms with Gasteiger partial charge in [-0.2, -0.15) is 5.10 Å². The molecule has 0 saturated heterocycles. The standard InChI is InChI=1S/C10H12BrClN4S/c1-2-16-10(6(12)5-14-16)9(15-13)7-3-4-8(11)17-7/h3-5,9,15H,2,13H2,1H3. The molecular formula is C10H12BrClN4S. The van der Waals surface area contributed by atoms with E-state index in [2.05, 4.69) is 26.5 Å². The summed E-state index contributed by atoms with van der Waals surface area (Å²) in [5, 5.41) is 4.84. The Balaban J connectivity index is 2.44. The second-order valence-corrected chi connectivity index (χ2v) is 6.34. The molecule has 0 radical (unpaired) electrons. The lowest BCUT2D eigenvalue weighted by Gasteiger charge is -2.16. The van der Waals surface area contributed by atoms with Gasteiger partial charge in [0.2, 0.25) is 0 Å². The predicted molar refractivity (Wildman–Crippen MR) is 74.1 cm³/mol. The maximum Gasteiger partial charge on any atom is 0.0985 e. The van der Waals surface area contributed by atoms with Gasteiger partial charge in [-0.05, 0) is 35.0 Å². The number of nitrogens with zero attached hydrogens (tertiary/aromatic N) is 2. The molecule has 0 bridgehead atoms. The first-order chi connectivity index (χ1) is 8.17. The lowest BCUT2D eigenvalue weighted by atomic mass is 10.2. The third-order valence-corrected chi connectivity index (χ3v) is 4.43. The molecule has 0 saturated carbocycles. The van der Waals surface area contributed by atoms with Gasteiger partial charge in [0.15, 0.2) is 0 Å². The Morgan fingerprint density at radius 1 is 1.65 bits per heavy atom. The molecule has 2 rings (SSSR count). The smallest absolute Gasteiger partial charge is 0.0985 e. The van der Waals surface area contributed by atoms with E-state index >= 15 is 0 Å². The number of hydrogen-bond donors (Lipinski definition) is 2. The molecule has 0 aliphatic carbocycles. The fourth-order valence-electron chi connectivity index (χ4n) is 1.69. The van der Waals surface area contributed by atoms with E-state index in [1.807, 2.05) is 23.7 Å². The fourth-order valence-corrected chi connectivity index (χ4v) is 3.43. The second kappa shape index (κ2) is 5.49. The number of hydrogen-bond acceptors (Lipinski definition) is 4. The van der Waals surface area contributed by atoms with Crippen LogP contribution in [0.25, 0.3) is 0 Å². The third kappa shape index (κ3) is 2.56. The van der Waals surface area contributed by atoms with Crippen molar-refractivity contribution in [2.24, 2.45) is 5.84 Å². The van der Waals surface area contributed by atoms with Crippen molar-refractivity contribution in [3.8, 4) is 0 Å². The molecule has 0 aliphatic heterocycles. The molecular weight excluding hydrogens is 324 g/mol. The van der Waals surface area contributed by atoms with Crippen molar-refractivity contribution in [2.45, 2.75) is 19.5 Å². The molecule has 2 aromatic rings. The highest BCUT2D eigenvalue weighted by Crippen LogP contribution is 2.33. The average Bonchev–Trinajstić information content (AvgIpc) is 2.89. The third-order valence-electron chi connectivity index (χ3n) is 2.45. The number of hydrazine groups is 1. The molecule has 7 heteroatoms. The summed E-state index contributed by atoms with van der Waals surface area (Å²) in [6.45, 7) is 2.78. The van der Waals surface area contributed by atoms with Crippen LogP contribution in [-0.4, -0.2) is 9.78 Å². The number of halogens is 2. The molecule has 0 aromatic carbocycles. The SMILES string of the molecule is CCn1ncc(Cl)c1C(NN)c1ccc(Br)s1. The molecule has 92 valence electrons. The van der Waals surface area contributed by atoms with Gasteiger partial charge in [0, 0.05) is 11.4 Å². The molecule has 1 unspecified atom stereocenters. The normalized spacial score (nSPS) is 12.9. The van der Waals surface area contributed by atoms with Gasteiger partial charge in [-0.25, -0.2) is 5.43 Å². The second-order valence-electron chi connectivity index (χ2n) is 3.44. The van der Waals surface area contributed by atoms with E-state index in [-0.39, 0.29) is 6.04 Å². The van der Waals surface area contributed by atoms with E-state index < -0.39 is 0 Å². The summed E-state index contributed by atoms with van der Waals surface area (Å²) in [5.74, 6) is 5.64. The van der Waals surface area contributed by atoms with Gasteiger partial charge >= 0.3 is 0 Å². The lowest BCUT2D eigenvalue weighted by molar-refractivity contribution is 0.548. The van der Waals surface area contributed by atoms with Crippen LogP contribution in [0, 0.1) is 0 Å². The topological polar surface area (TPSA) is 55.9 Å². The maximum atomic E-state index is 6.17. The van der Waals surface area contributed by atoms with Crippen molar-refractivity contribution in [2.75, 3.05) is 0 Å². The molecule has 1 atom stereocenters. The monoisotopic (exact) mass is 334 g/mol. The predicted octanol–water partition coefficient (Wildman–Crippen LogP) is 2.93. The van der Waals surface area contributed by atoms with E-state index in [4.69, 9.17) is 17.4 Å². The van der Waals surface area contributed by atoms with Crippen molar-refractivity contribution in [3.05, 3.63) is 37.7 Å². The molecule has 2 aromatic heterocycles. The number of aryl methyl sites for hydroxylation is 1. The first-order valence-electron chi connectivity index (χ1n) is 5.10. The summed E-state index contributed by atoms with van der Waals surface area (Å²) in [6, 6.07) is 3.87. The van der Waals surface area contributed by atoms with Crippen molar-refractivity contribution in [3.63, 3.8) is 0 Å². The zero-order valence-corrected chi connectivity index (χ0v) is 12.3. The number of thiophene rings is 1. The van der Waals surface area contributed by atoms with Gasteiger partial charge in [-0.3, -0.25) is 10.5 Å². The van der Waals surface area contributed by atoms with Gasteiger partial charge in [0.05, 0.1) is 26.7 Å². The van der Waals surface area contributed by atoms with E-state index in [0.29, 0.717) is 5.02 Å². The van der Waals surface area contributed by atoms with Gasteiger partial charge < -0.3 is 0 Å². The average molecular weight is 336 g/mol. The highest BCUT2D eigenvalue weighted by Gasteiger charge is 2.21. The summed E-state index contributed by atoms with van der Waals surface area (Å²) in [6.07, 6.45) is 1.65. The Kier molecular flexibility index (Phi) is 4.22. The van der Waals surface area contributed by atoms with Crippen LogP contribution >= 0.6 is 38.9 Å². The van der Waals surface area contributed by atoms with Gasteiger partial charge in [0.25, 0.3) is 0 Å². The number of nitrogens with one attached hydrogen (secondary N) is 1. The molecule has 0 spiro atoms. The Labute approximate surface area is 117 Å². The van der Waals surface area contributed by atoms with Crippen LogP contribution < -0.4 is 11.3 Å². The molecule has 0 fully saturated rings. The molecule has 0 amide bonds. The van der Waals surface area contributed by atoms with Gasteiger partial charge in [-0.15, -0.1) is 11.3 Å². The summed E-state index contributed by atoms with van der Waals surface area (Å²) < 4.78 is 2.91. The van der Waals surface area contributed by atoms with Crippen molar-refractivity contribution < 1.29 is 0 Å². The van der Waals surface area contributed by atoms with E-state index in [1.54, 1.807) is 17.5 Å². The minimum Gasteiger partial charge on any atom is -0.270 e. The molecule has 3 N–H and O–H groups in total. The molecule has 4 nitrogen and oxygen atoms in total. The summed E-state index contributed by atoms with van der Waals surface area (Å²) >= 11 is 11.2. The highest BCUT2D eigenvalue weighted by molar-refractivity contribution is 9.11. The summed E-state index contributed by atoms with van der Waals surface area (Å²) in [5.41, 5.74) is 3.69. The molecule has 2 heterocycles. The number of nitrogens with two attached hydrogens (primary N) is 1. The first-order valence-corrected chi connectivity index (χ1v) is 7.08. The minimum atomic E-state index is -0.138. The van der Waals surface area contributed by atoms with Crippen LogP contribution in [0.4, 0.5) is 0 Å². The Bertz CT molecular complexity index is 510. The van der Waals surface area contributed by atoms with Crippen LogP contribution in [-0.2, 0) is 6.54 Å². The lowest BCUT2D eigenvalue weighted by Crippen LogP contribution is -2.30. The number of rotatable bonds is 4. The largest absolute Gasteiger partial charge is 0.270 e. The van der Waals surface area contributed by atoms with Crippen LogP contribution in [0.1, 0.15) is 23.5 Å². The fraction of sp³-hybridized carbons (Fsp3) is 0.300. The van der Waals surface area contributed by atoms with Crippen molar-refractivity contribution in [1.82, 2.24) is 15.2 Å². The quantitative estimate of drug-likeness (QED) is 0.667. The summed E-state index contributed by atoms with van der Waals surface area (Å²) in [7, 11) is 0. The van der Waals surface area contributed by atoms with Crippen molar-refractivity contribution in [1.29, 1.82) is 0 Å². The highest BCUT2D eigenvalue weighted by atomic mass is 79.9. The van der Waals surface area contributed by atoms with E-state index in [9.17, 15) is 0 Å².